The molecule has 5 nitrogen and oxygen atoms in total. The molecule has 3 aromatic rings. The topological polar surface area (TPSA) is 61.8 Å². The van der Waals surface area contributed by atoms with Crippen LogP contribution in [0.5, 0.6) is 11.5 Å². The molecule has 0 spiro atoms. The Morgan fingerprint density at radius 1 is 0.828 bits per heavy atom. The molecule has 0 aliphatic carbocycles. The van der Waals surface area contributed by atoms with Crippen molar-refractivity contribution in [2.24, 2.45) is 0 Å². The first-order valence-corrected chi connectivity index (χ1v) is 9.42. The van der Waals surface area contributed by atoms with Crippen molar-refractivity contribution in [1.29, 1.82) is 0 Å². The second kappa shape index (κ2) is 10.1. The van der Waals surface area contributed by atoms with Gasteiger partial charge in [-0.25, -0.2) is 9.59 Å². The summed E-state index contributed by atoms with van der Waals surface area (Å²) in [6.07, 6.45) is 0.634. The summed E-state index contributed by atoms with van der Waals surface area (Å²) in [5.74, 6) is -0.299. The van der Waals surface area contributed by atoms with Crippen molar-refractivity contribution >= 4 is 11.9 Å². The molecule has 5 heteroatoms. The molecule has 0 atom stereocenters. The summed E-state index contributed by atoms with van der Waals surface area (Å²) in [4.78, 5) is 24.8. The van der Waals surface area contributed by atoms with E-state index in [-0.39, 0.29) is 12.4 Å². The molecule has 0 saturated heterocycles. The van der Waals surface area contributed by atoms with E-state index >= 15 is 0 Å². The third kappa shape index (κ3) is 5.69. The van der Waals surface area contributed by atoms with Gasteiger partial charge in [-0.05, 0) is 42.8 Å². The molecule has 148 valence electrons. The predicted octanol–water partition coefficient (Wildman–Crippen LogP) is 4.70. The molecule has 0 bridgehead atoms. The average Bonchev–Trinajstić information content (AvgIpc) is 2.75. The van der Waals surface area contributed by atoms with Crippen molar-refractivity contribution in [2.75, 3.05) is 13.2 Å². The highest BCUT2D eigenvalue weighted by molar-refractivity contribution is 5.94. The van der Waals surface area contributed by atoms with Crippen molar-refractivity contribution in [3.63, 3.8) is 0 Å². The Labute approximate surface area is 169 Å². The van der Waals surface area contributed by atoms with Crippen LogP contribution in [0.3, 0.4) is 0 Å². The van der Waals surface area contributed by atoms with Crippen LogP contribution >= 0.6 is 0 Å². The molecule has 0 amide bonds. The van der Waals surface area contributed by atoms with Crippen molar-refractivity contribution < 1.29 is 23.8 Å². The van der Waals surface area contributed by atoms with Crippen molar-refractivity contribution in [3.8, 4) is 11.5 Å². The van der Waals surface area contributed by atoms with Crippen LogP contribution in [-0.4, -0.2) is 25.2 Å². The molecule has 3 aromatic carbocycles. The van der Waals surface area contributed by atoms with Gasteiger partial charge in [-0.15, -0.1) is 0 Å². The molecule has 0 aliphatic rings. The Hall–Kier alpha value is -3.60. The zero-order valence-corrected chi connectivity index (χ0v) is 16.2. The lowest BCUT2D eigenvalue weighted by Gasteiger charge is -2.10. The molecule has 0 radical (unpaired) electrons. The SMILES string of the molecule is CCOc1ccccc1C(=O)Oc1cccc(C(=O)OCCc2ccccc2)c1. The summed E-state index contributed by atoms with van der Waals surface area (Å²) < 4.78 is 16.2. The Morgan fingerprint density at radius 2 is 1.59 bits per heavy atom. The van der Waals surface area contributed by atoms with E-state index in [2.05, 4.69) is 0 Å². The van der Waals surface area contributed by atoms with Gasteiger partial charge in [-0.1, -0.05) is 48.5 Å². The number of rotatable bonds is 8. The quantitative estimate of drug-likeness (QED) is 0.412. The zero-order valence-electron chi connectivity index (χ0n) is 16.2. The van der Waals surface area contributed by atoms with Gasteiger partial charge in [0.15, 0.2) is 0 Å². The standard InChI is InChI=1S/C24H22O5/c1-2-27-22-14-7-6-13-21(22)24(26)29-20-12-8-11-19(17-20)23(25)28-16-15-18-9-4-3-5-10-18/h3-14,17H,2,15-16H2,1H3. The second-order valence-corrected chi connectivity index (χ2v) is 6.22. The average molecular weight is 390 g/mol. The fourth-order valence-electron chi connectivity index (χ4n) is 2.75. The maximum absolute atomic E-state index is 12.5. The number of carbonyl (C=O) groups excluding carboxylic acids is 2. The van der Waals surface area contributed by atoms with Crippen LogP contribution in [-0.2, 0) is 11.2 Å². The van der Waals surface area contributed by atoms with E-state index in [0.29, 0.717) is 29.9 Å². The Kier molecular flexibility index (Phi) is 7.00. The number of hydrogen-bond donors (Lipinski definition) is 0. The van der Waals surface area contributed by atoms with E-state index in [0.717, 1.165) is 5.56 Å². The normalized spacial score (nSPS) is 10.2. The van der Waals surface area contributed by atoms with Crippen LogP contribution in [0.4, 0.5) is 0 Å². The Balaban J connectivity index is 1.61. The second-order valence-electron chi connectivity index (χ2n) is 6.22. The summed E-state index contributed by atoms with van der Waals surface area (Å²) in [5, 5.41) is 0. The smallest absolute Gasteiger partial charge is 0.347 e. The van der Waals surface area contributed by atoms with Crippen molar-refractivity contribution in [3.05, 3.63) is 95.6 Å². The van der Waals surface area contributed by atoms with Crippen LogP contribution in [0.15, 0.2) is 78.9 Å². The maximum Gasteiger partial charge on any atom is 0.347 e. The molecule has 0 aromatic heterocycles. The number of ether oxygens (including phenoxy) is 3. The molecule has 0 heterocycles. The highest BCUT2D eigenvalue weighted by atomic mass is 16.5. The highest BCUT2D eigenvalue weighted by Gasteiger charge is 2.15. The van der Waals surface area contributed by atoms with Gasteiger partial charge in [0.1, 0.15) is 17.1 Å². The maximum atomic E-state index is 12.5. The van der Waals surface area contributed by atoms with Crippen LogP contribution < -0.4 is 9.47 Å². The van der Waals surface area contributed by atoms with Crippen LogP contribution in [0.2, 0.25) is 0 Å². The van der Waals surface area contributed by atoms with Gasteiger partial charge in [0.25, 0.3) is 0 Å². The van der Waals surface area contributed by atoms with Gasteiger partial charge in [0, 0.05) is 6.42 Å². The minimum Gasteiger partial charge on any atom is -0.493 e. The fraction of sp³-hybridized carbons (Fsp3) is 0.167. The number of hydrogen-bond acceptors (Lipinski definition) is 5. The summed E-state index contributed by atoms with van der Waals surface area (Å²) >= 11 is 0. The first kappa shape index (κ1) is 20.1. The fourth-order valence-corrected chi connectivity index (χ4v) is 2.75. The molecule has 3 rings (SSSR count). The molecule has 0 fully saturated rings. The zero-order chi connectivity index (χ0) is 20.5. The predicted molar refractivity (Wildman–Crippen MR) is 109 cm³/mol. The summed E-state index contributed by atoms with van der Waals surface area (Å²) in [5.41, 5.74) is 1.74. The minimum absolute atomic E-state index is 0.263. The third-order valence-electron chi connectivity index (χ3n) is 4.15. The molecular formula is C24H22O5. The molecule has 0 N–H and O–H groups in total. The van der Waals surface area contributed by atoms with Gasteiger partial charge in [-0.2, -0.15) is 0 Å². The van der Waals surface area contributed by atoms with E-state index in [1.807, 2.05) is 37.3 Å². The monoisotopic (exact) mass is 390 g/mol. The van der Waals surface area contributed by atoms with E-state index in [9.17, 15) is 9.59 Å². The van der Waals surface area contributed by atoms with Crippen LogP contribution in [0.1, 0.15) is 33.2 Å². The number of para-hydroxylation sites is 1. The lowest BCUT2D eigenvalue weighted by Crippen LogP contribution is -2.12. The van der Waals surface area contributed by atoms with Crippen molar-refractivity contribution in [1.82, 2.24) is 0 Å². The van der Waals surface area contributed by atoms with Crippen molar-refractivity contribution in [2.45, 2.75) is 13.3 Å². The molecule has 0 aliphatic heterocycles. The minimum atomic E-state index is -0.552. The Bertz CT molecular complexity index is 966. The first-order valence-electron chi connectivity index (χ1n) is 9.42. The third-order valence-corrected chi connectivity index (χ3v) is 4.15. The summed E-state index contributed by atoms with van der Waals surface area (Å²) in [6.45, 7) is 2.55. The van der Waals surface area contributed by atoms with Gasteiger partial charge in [0.05, 0.1) is 18.8 Å². The molecular weight excluding hydrogens is 368 g/mol. The van der Waals surface area contributed by atoms with Gasteiger partial charge >= 0.3 is 11.9 Å². The van der Waals surface area contributed by atoms with E-state index in [1.54, 1.807) is 42.5 Å². The molecule has 0 saturated carbocycles. The summed E-state index contributed by atoms with van der Waals surface area (Å²) in [7, 11) is 0. The van der Waals surface area contributed by atoms with E-state index < -0.39 is 11.9 Å². The van der Waals surface area contributed by atoms with Crippen LogP contribution in [0, 0.1) is 0 Å². The number of benzene rings is 3. The van der Waals surface area contributed by atoms with Gasteiger partial charge in [-0.3, -0.25) is 0 Å². The van der Waals surface area contributed by atoms with E-state index in [4.69, 9.17) is 14.2 Å². The van der Waals surface area contributed by atoms with E-state index in [1.165, 1.54) is 6.07 Å². The lowest BCUT2D eigenvalue weighted by molar-refractivity contribution is 0.0507. The lowest BCUT2D eigenvalue weighted by atomic mass is 10.2. The highest BCUT2D eigenvalue weighted by Crippen LogP contribution is 2.21. The largest absolute Gasteiger partial charge is 0.493 e. The summed E-state index contributed by atoms with van der Waals surface area (Å²) in [6, 6.07) is 23.0. The number of esters is 2. The molecule has 0 unspecified atom stereocenters. The van der Waals surface area contributed by atoms with Crippen LogP contribution in [0.25, 0.3) is 0 Å². The first-order chi connectivity index (χ1) is 14.2. The van der Waals surface area contributed by atoms with Gasteiger partial charge in [0.2, 0.25) is 0 Å². The Morgan fingerprint density at radius 3 is 2.38 bits per heavy atom. The van der Waals surface area contributed by atoms with Gasteiger partial charge < -0.3 is 14.2 Å². The molecule has 29 heavy (non-hydrogen) atoms. The number of carbonyl (C=O) groups is 2.